The molecule has 2 aliphatic carbocycles. The Labute approximate surface area is 142 Å². The van der Waals surface area contributed by atoms with E-state index < -0.39 is 4.92 Å². The highest BCUT2D eigenvalue weighted by Crippen LogP contribution is 2.41. The van der Waals surface area contributed by atoms with Gasteiger partial charge in [-0.1, -0.05) is 0 Å². The van der Waals surface area contributed by atoms with E-state index in [0.29, 0.717) is 22.8 Å². The molecule has 2 aromatic rings. The number of nitro benzene ring substituents is 1. The number of carbonyl (C=O) groups is 1. The van der Waals surface area contributed by atoms with Crippen molar-refractivity contribution in [1.29, 1.82) is 0 Å². The van der Waals surface area contributed by atoms with Crippen molar-refractivity contribution in [3.8, 4) is 0 Å². The molecule has 0 spiro atoms. The van der Waals surface area contributed by atoms with Gasteiger partial charge in [-0.2, -0.15) is 0 Å². The molecule has 2 saturated carbocycles. The Morgan fingerprint density at radius 3 is 2.75 bits per heavy atom. The number of hydrogen-bond acceptors (Lipinski definition) is 6. The lowest BCUT2D eigenvalue weighted by Gasteiger charge is -2.07. The van der Waals surface area contributed by atoms with Crippen molar-refractivity contribution in [2.75, 3.05) is 10.6 Å². The fourth-order valence-corrected chi connectivity index (χ4v) is 3.26. The summed E-state index contributed by atoms with van der Waals surface area (Å²) in [6, 6.07) is 4.82. The third-order valence-corrected chi connectivity index (χ3v) is 4.91. The van der Waals surface area contributed by atoms with Gasteiger partial charge in [-0.05, 0) is 37.8 Å². The van der Waals surface area contributed by atoms with Crippen LogP contribution >= 0.6 is 11.3 Å². The minimum Gasteiger partial charge on any atom is -0.377 e. The summed E-state index contributed by atoms with van der Waals surface area (Å²) in [6.07, 6.45) is 4.34. The van der Waals surface area contributed by atoms with Gasteiger partial charge in [-0.3, -0.25) is 20.2 Å². The van der Waals surface area contributed by atoms with E-state index in [1.807, 2.05) is 5.38 Å². The van der Waals surface area contributed by atoms with E-state index in [1.165, 1.54) is 17.4 Å². The van der Waals surface area contributed by atoms with Crippen molar-refractivity contribution in [2.45, 2.75) is 37.6 Å². The maximum absolute atomic E-state index is 12.3. The zero-order valence-corrected chi connectivity index (χ0v) is 13.6. The third kappa shape index (κ3) is 3.23. The molecule has 7 nitrogen and oxygen atoms in total. The number of nitrogens with one attached hydrogen (secondary N) is 2. The second kappa shape index (κ2) is 5.86. The van der Waals surface area contributed by atoms with E-state index in [1.54, 1.807) is 12.1 Å². The zero-order valence-electron chi connectivity index (χ0n) is 12.8. The topological polar surface area (TPSA) is 97.2 Å². The molecule has 0 radical (unpaired) electrons. The summed E-state index contributed by atoms with van der Waals surface area (Å²) in [5, 5.41) is 19.6. The van der Waals surface area contributed by atoms with E-state index in [9.17, 15) is 14.9 Å². The van der Waals surface area contributed by atoms with Crippen molar-refractivity contribution < 1.29 is 9.72 Å². The summed E-state index contributed by atoms with van der Waals surface area (Å²) >= 11 is 1.38. The highest BCUT2D eigenvalue weighted by Gasteiger charge is 2.27. The van der Waals surface area contributed by atoms with Crippen LogP contribution in [0.4, 0.5) is 16.5 Å². The first-order valence-electron chi connectivity index (χ1n) is 7.92. The standard InChI is InChI=1S/C16H16N4O3S/c21-15(19-16-18-13(8-24-16)9-1-2-9)10-3-6-12(17-11-4-5-11)14(7-10)20(22)23/h3,6-9,11,17H,1-2,4-5H2,(H,18,19,21). The fourth-order valence-electron chi connectivity index (χ4n) is 2.47. The number of aromatic nitrogens is 1. The summed E-state index contributed by atoms with van der Waals surface area (Å²) in [7, 11) is 0. The van der Waals surface area contributed by atoms with Gasteiger partial charge >= 0.3 is 0 Å². The second-order valence-corrected chi connectivity index (χ2v) is 7.07. The van der Waals surface area contributed by atoms with Gasteiger partial charge in [0.25, 0.3) is 11.6 Å². The van der Waals surface area contributed by atoms with Gasteiger partial charge in [-0.25, -0.2) is 4.98 Å². The smallest absolute Gasteiger partial charge is 0.293 e. The summed E-state index contributed by atoms with van der Waals surface area (Å²) in [5.41, 5.74) is 1.66. The molecule has 0 unspecified atom stereocenters. The minimum absolute atomic E-state index is 0.0765. The lowest BCUT2D eigenvalue weighted by Crippen LogP contribution is -2.13. The number of nitro groups is 1. The van der Waals surface area contributed by atoms with Crippen molar-refractivity contribution in [3.63, 3.8) is 0 Å². The van der Waals surface area contributed by atoms with Gasteiger partial charge in [0.1, 0.15) is 5.69 Å². The van der Waals surface area contributed by atoms with E-state index in [2.05, 4.69) is 15.6 Å². The number of amides is 1. The van der Waals surface area contributed by atoms with Gasteiger partial charge in [-0.15, -0.1) is 11.3 Å². The summed E-state index contributed by atoms with van der Waals surface area (Å²) in [4.78, 5) is 27.5. The van der Waals surface area contributed by atoms with Gasteiger partial charge < -0.3 is 5.32 Å². The van der Waals surface area contributed by atoms with Crippen LogP contribution in [0, 0.1) is 10.1 Å². The van der Waals surface area contributed by atoms with Gasteiger partial charge in [0.15, 0.2) is 5.13 Å². The van der Waals surface area contributed by atoms with Crippen molar-refractivity contribution in [3.05, 3.63) is 45.0 Å². The first kappa shape index (κ1) is 15.1. The molecule has 124 valence electrons. The van der Waals surface area contributed by atoms with Gasteiger partial charge in [0, 0.05) is 29.0 Å². The minimum atomic E-state index is -0.462. The molecule has 4 rings (SSSR count). The Balaban J connectivity index is 1.51. The quantitative estimate of drug-likeness (QED) is 0.614. The number of carbonyl (C=O) groups excluding carboxylic acids is 1. The highest BCUT2D eigenvalue weighted by atomic mass is 32.1. The van der Waals surface area contributed by atoms with Crippen LogP contribution in [0.15, 0.2) is 23.6 Å². The average molecular weight is 344 g/mol. The van der Waals surface area contributed by atoms with Crippen LogP contribution in [0.3, 0.4) is 0 Å². The van der Waals surface area contributed by atoms with E-state index in [-0.39, 0.29) is 17.2 Å². The lowest BCUT2D eigenvalue weighted by atomic mass is 10.1. The van der Waals surface area contributed by atoms with Crippen LogP contribution in [0.1, 0.15) is 47.7 Å². The molecule has 8 heteroatoms. The molecule has 2 aliphatic rings. The van der Waals surface area contributed by atoms with E-state index in [4.69, 9.17) is 0 Å². The molecular formula is C16H16N4O3S. The molecule has 1 heterocycles. The number of nitrogens with zero attached hydrogens (tertiary/aromatic N) is 2. The SMILES string of the molecule is O=C(Nc1nc(C2CC2)cs1)c1ccc(NC2CC2)c([N+](=O)[O-])c1. The monoisotopic (exact) mass is 344 g/mol. The number of benzene rings is 1. The van der Waals surface area contributed by atoms with E-state index >= 15 is 0 Å². The normalized spacial score (nSPS) is 16.7. The summed E-state index contributed by atoms with van der Waals surface area (Å²) in [6.45, 7) is 0. The molecule has 0 aliphatic heterocycles. The molecule has 0 bridgehead atoms. The lowest BCUT2D eigenvalue weighted by molar-refractivity contribution is -0.384. The maximum Gasteiger partial charge on any atom is 0.293 e. The van der Waals surface area contributed by atoms with Crippen LogP contribution in [0.5, 0.6) is 0 Å². The van der Waals surface area contributed by atoms with Crippen LogP contribution in [0.2, 0.25) is 0 Å². The first-order chi connectivity index (χ1) is 11.6. The van der Waals surface area contributed by atoms with Crippen LogP contribution < -0.4 is 10.6 Å². The molecule has 1 amide bonds. The Bertz CT molecular complexity index is 811. The van der Waals surface area contributed by atoms with Crippen LogP contribution in [-0.4, -0.2) is 21.9 Å². The summed E-state index contributed by atoms with van der Waals surface area (Å²) < 4.78 is 0. The Morgan fingerprint density at radius 1 is 1.29 bits per heavy atom. The predicted molar refractivity (Wildman–Crippen MR) is 91.8 cm³/mol. The second-order valence-electron chi connectivity index (χ2n) is 6.21. The molecule has 2 N–H and O–H groups in total. The fraction of sp³-hybridized carbons (Fsp3) is 0.375. The van der Waals surface area contributed by atoms with Gasteiger partial charge in [0.2, 0.25) is 0 Å². The molecule has 0 atom stereocenters. The maximum atomic E-state index is 12.3. The molecule has 2 fully saturated rings. The Morgan fingerprint density at radius 2 is 2.08 bits per heavy atom. The van der Waals surface area contributed by atoms with Crippen LogP contribution in [0.25, 0.3) is 0 Å². The molecular weight excluding hydrogens is 328 g/mol. The zero-order chi connectivity index (χ0) is 16.7. The largest absolute Gasteiger partial charge is 0.377 e. The number of rotatable bonds is 6. The number of anilines is 2. The molecule has 1 aromatic heterocycles. The summed E-state index contributed by atoms with van der Waals surface area (Å²) in [5.74, 6) is 0.147. The highest BCUT2D eigenvalue weighted by molar-refractivity contribution is 7.14. The van der Waals surface area contributed by atoms with E-state index in [0.717, 1.165) is 31.4 Å². The average Bonchev–Trinajstić information content (AvgIpc) is 3.48. The third-order valence-electron chi connectivity index (χ3n) is 4.13. The molecule has 0 saturated heterocycles. The first-order valence-corrected chi connectivity index (χ1v) is 8.80. The molecule has 24 heavy (non-hydrogen) atoms. The van der Waals surface area contributed by atoms with Gasteiger partial charge in [0.05, 0.1) is 10.6 Å². The van der Waals surface area contributed by atoms with Crippen LogP contribution in [-0.2, 0) is 0 Å². The predicted octanol–water partition coefficient (Wildman–Crippen LogP) is 3.76. The van der Waals surface area contributed by atoms with Crippen molar-refractivity contribution >= 4 is 33.8 Å². The number of thiazole rings is 1. The Hall–Kier alpha value is -2.48. The molecule has 1 aromatic carbocycles. The van der Waals surface area contributed by atoms with Crippen molar-refractivity contribution in [1.82, 2.24) is 4.98 Å². The van der Waals surface area contributed by atoms with Crippen molar-refractivity contribution in [2.24, 2.45) is 0 Å². The number of hydrogen-bond donors (Lipinski definition) is 2. The Kier molecular flexibility index (Phi) is 3.68.